The lowest BCUT2D eigenvalue weighted by Crippen LogP contribution is -2.54. The molecule has 18 heteroatoms. The molecule has 0 radical (unpaired) electrons. The lowest BCUT2D eigenvalue weighted by Gasteiger charge is -2.41. The van der Waals surface area contributed by atoms with Crippen molar-refractivity contribution in [1.82, 2.24) is 15.2 Å². The predicted octanol–water partition coefficient (Wildman–Crippen LogP) is 7.41. The topological polar surface area (TPSA) is 112 Å². The lowest BCUT2D eigenvalue weighted by molar-refractivity contribution is -0.129. The molecule has 1 aliphatic carbocycles. The van der Waals surface area contributed by atoms with Gasteiger partial charge in [-0.2, -0.15) is 4.39 Å². The fraction of sp³-hybridized carbons (Fsp3) is 0.533. The minimum absolute atomic E-state index is 0.00854. The standard InChI is InChI=1S/C30H36F8N4O5S/c1-28(2,3)47-27(45)41-17-29(4,46)16-22(41)26(44)42(19-7-9-20(10-8-19)48(34,35,36,37)38)23(21-6-5-15-39-24(21)31)25(43)40-18-11-13-30(32,33)14-12-18/h5-10,15,18,22-23,46H,11-14,16-17H2,1-4H3,(H,40,43)/t22-,23?,29-/m1/s1. The van der Waals surface area contributed by atoms with Crippen LogP contribution in [-0.4, -0.2) is 68.7 Å². The van der Waals surface area contributed by atoms with Gasteiger partial charge in [-0.25, -0.2) is 18.6 Å². The second-order valence-corrected chi connectivity index (χ2v) is 15.8. The summed E-state index contributed by atoms with van der Waals surface area (Å²) >= 11 is 0. The van der Waals surface area contributed by atoms with Crippen molar-refractivity contribution >= 4 is 33.8 Å². The van der Waals surface area contributed by atoms with E-state index >= 15 is 4.39 Å². The fourth-order valence-electron chi connectivity index (χ4n) is 5.69. The van der Waals surface area contributed by atoms with Crippen LogP contribution < -0.4 is 10.2 Å². The maximum atomic E-state index is 15.3. The molecule has 2 heterocycles. The molecule has 2 fully saturated rings. The first-order valence-corrected chi connectivity index (χ1v) is 16.8. The van der Waals surface area contributed by atoms with E-state index in [0.29, 0.717) is 17.0 Å². The number of hydrogen-bond donors (Lipinski definition) is 2. The van der Waals surface area contributed by atoms with Crippen LogP contribution in [0.2, 0.25) is 0 Å². The van der Waals surface area contributed by atoms with Gasteiger partial charge in [0.1, 0.15) is 22.6 Å². The summed E-state index contributed by atoms with van der Waals surface area (Å²) in [5.41, 5.74) is -3.99. The number of likely N-dealkylation sites (tertiary alicyclic amines) is 1. The van der Waals surface area contributed by atoms with Crippen LogP contribution in [0, 0.1) is 5.95 Å². The van der Waals surface area contributed by atoms with Gasteiger partial charge in [0.15, 0.2) is 0 Å². The van der Waals surface area contributed by atoms with Gasteiger partial charge in [-0.15, -0.1) is 0 Å². The van der Waals surface area contributed by atoms with Crippen LogP contribution in [0.3, 0.4) is 0 Å². The molecule has 1 aromatic carbocycles. The number of ether oxygens (including phenoxy) is 1. The van der Waals surface area contributed by atoms with Crippen molar-refractivity contribution in [3.8, 4) is 0 Å². The zero-order chi connectivity index (χ0) is 36.2. The smallest absolute Gasteiger partial charge is 0.411 e. The number of aromatic nitrogens is 1. The molecule has 1 saturated carbocycles. The molecular formula is C30H36F8N4O5S. The number of carbonyl (C=O) groups excluding carboxylic acids is 3. The molecule has 2 aromatic rings. The number of rotatable bonds is 7. The van der Waals surface area contributed by atoms with Crippen LogP contribution in [0.4, 0.5) is 43.1 Å². The summed E-state index contributed by atoms with van der Waals surface area (Å²) in [5, 5.41) is 13.4. The number of alkyl halides is 2. The fourth-order valence-corrected chi connectivity index (χ4v) is 6.34. The average Bonchev–Trinajstić information content (AvgIpc) is 3.26. The number of anilines is 1. The van der Waals surface area contributed by atoms with E-state index in [2.05, 4.69) is 10.3 Å². The molecule has 2 aliphatic rings. The molecule has 2 N–H and O–H groups in total. The van der Waals surface area contributed by atoms with E-state index in [0.717, 1.165) is 17.2 Å². The Labute approximate surface area is 271 Å². The third kappa shape index (κ3) is 8.86. The number of aliphatic hydroxyl groups is 1. The Morgan fingerprint density at radius 3 is 2.17 bits per heavy atom. The van der Waals surface area contributed by atoms with Crippen molar-refractivity contribution in [3.63, 3.8) is 0 Å². The third-order valence-electron chi connectivity index (χ3n) is 7.88. The highest BCUT2D eigenvalue weighted by Crippen LogP contribution is 3.02. The number of nitrogens with zero attached hydrogens (tertiary/aromatic N) is 3. The van der Waals surface area contributed by atoms with Gasteiger partial charge in [-0.1, -0.05) is 25.5 Å². The number of benzene rings is 1. The summed E-state index contributed by atoms with van der Waals surface area (Å²) in [7, 11) is -10.2. The molecule has 3 amide bonds. The maximum absolute atomic E-state index is 15.3. The minimum atomic E-state index is -10.2. The van der Waals surface area contributed by atoms with Crippen molar-refractivity contribution in [2.75, 3.05) is 11.4 Å². The molecule has 1 saturated heterocycles. The summed E-state index contributed by atoms with van der Waals surface area (Å²) in [6, 6.07) is -1.47. The highest BCUT2D eigenvalue weighted by atomic mass is 32.5. The van der Waals surface area contributed by atoms with Gasteiger partial charge < -0.3 is 15.2 Å². The van der Waals surface area contributed by atoms with Gasteiger partial charge in [0.25, 0.3) is 5.91 Å². The Morgan fingerprint density at radius 1 is 1.06 bits per heavy atom. The van der Waals surface area contributed by atoms with Crippen molar-refractivity contribution in [3.05, 3.63) is 54.1 Å². The van der Waals surface area contributed by atoms with E-state index < -0.39 is 111 Å². The Hall–Kier alpha value is -3.67. The minimum Gasteiger partial charge on any atom is -0.444 e. The summed E-state index contributed by atoms with van der Waals surface area (Å²) in [5.74, 6) is -6.67. The molecule has 1 aliphatic heterocycles. The highest BCUT2D eigenvalue weighted by Gasteiger charge is 2.65. The van der Waals surface area contributed by atoms with Crippen LogP contribution >= 0.6 is 10.2 Å². The van der Waals surface area contributed by atoms with Gasteiger partial charge >= 0.3 is 16.3 Å². The molecule has 1 aromatic heterocycles. The number of hydrogen-bond acceptors (Lipinski definition) is 6. The van der Waals surface area contributed by atoms with Crippen LogP contribution in [0.15, 0.2) is 47.5 Å². The van der Waals surface area contributed by atoms with Gasteiger partial charge in [-0.3, -0.25) is 19.4 Å². The summed E-state index contributed by atoms with van der Waals surface area (Å²) < 4.78 is 117. The van der Waals surface area contributed by atoms with E-state index in [1.165, 1.54) is 33.8 Å². The van der Waals surface area contributed by atoms with E-state index in [9.17, 15) is 47.7 Å². The Kier molecular flexibility index (Phi) is 9.09. The molecule has 4 rings (SSSR count). The lowest BCUT2D eigenvalue weighted by atomic mass is 9.91. The monoisotopic (exact) mass is 716 g/mol. The molecule has 3 atom stereocenters. The average molecular weight is 717 g/mol. The van der Waals surface area contributed by atoms with Crippen molar-refractivity contribution < 1.29 is 56.8 Å². The third-order valence-corrected chi connectivity index (χ3v) is 9.05. The molecule has 0 bridgehead atoms. The first kappa shape index (κ1) is 37.2. The highest BCUT2D eigenvalue weighted by molar-refractivity contribution is 8.45. The molecule has 1 unspecified atom stereocenters. The SMILES string of the molecule is CC(C)(C)OC(=O)N1C[C@](C)(O)C[C@@H]1C(=O)N(c1ccc(S(F)(F)(F)(F)F)cc1)C(C(=O)NC1CCC(F)(F)CC1)c1cccnc1F. The second-order valence-electron chi connectivity index (χ2n) is 13.4. The number of nitrogens with one attached hydrogen (secondary N) is 1. The van der Waals surface area contributed by atoms with E-state index in [-0.39, 0.29) is 25.0 Å². The summed E-state index contributed by atoms with van der Waals surface area (Å²) in [6.45, 7) is 5.39. The van der Waals surface area contributed by atoms with Crippen LogP contribution in [0.25, 0.3) is 0 Å². The van der Waals surface area contributed by atoms with Crippen LogP contribution in [0.5, 0.6) is 0 Å². The molecule has 0 spiro atoms. The first-order chi connectivity index (χ1) is 21.7. The zero-order valence-corrected chi connectivity index (χ0v) is 27.2. The van der Waals surface area contributed by atoms with Crippen LogP contribution in [-0.2, 0) is 14.3 Å². The van der Waals surface area contributed by atoms with Crippen molar-refractivity contribution in [1.29, 1.82) is 0 Å². The second kappa shape index (κ2) is 11.7. The van der Waals surface area contributed by atoms with E-state index in [1.54, 1.807) is 0 Å². The molecule has 268 valence electrons. The predicted molar refractivity (Wildman–Crippen MR) is 160 cm³/mol. The number of amides is 3. The number of β-amino-alcohol motifs (C(OH)–C–C–N with tert-alkyl or cyclic N) is 1. The Balaban J connectivity index is 1.87. The van der Waals surface area contributed by atoms with Crippen molar-refractivity contribution in [2.45, 2.75) is 99.9 Å². The van der Waals surface area contributed by atoms with E-state index in [1.807, 2.05) is 0 Å². The molecule has 48 heavy (non-hydrogen) atoms. The summed E-state index contributed by atoms with van der Waals surface area (Å²) in [6.07, 6.45) is -2.14. The zero-order valence-electron chi connectivity index (χ0n) is 26.4. The first-order valence-electron chi connectivity index (χ1n) is 14.8. The Bertz CT molecular complexity index is 1560. The van der Waals surface area contributed by atoms with Crippen molar-refractivity contribution in [2.24, 2.45) is 0 Å². The Morgan fingerprint density at radius 2 is 1.65 bits per heavy atom. The number of pyridine rings is 1. The van der Waals surface area contributed by atoms with Gasteiger partial charge in [-0.05, 0) is 70.9 Å². The maximum Gasteiger partial charge on any atom is 0.411 e. The van der Waals surface area contributed by atoms with Crippen LogP contribution in [0.1, 0.15) is 71.4 Å². The van der Waals surface area contributed by atoms with Gasteiger partial charge in [0.05, 0.1) is 12.1 Å². The van der Waals surface area contributed by atoms with Gasteiger partial charge in [0, 0.05) is 42.8 Å². The van der Waals surface area contributed by atoms with Gasteiger partial charge in [0.2, 0.25) is 17.8 Å². The quantitative estimate of drug-likeness (QED) is 0.228. The normalized spacial score (nSPS) is 23.9. The number of halogens is 8. The number of carbonyl (C=O) groups is 3. The van der Waals surface area contributed by atoms with E-state index in [4.69, 9.17) is 4.74 Å². The molecular weight excluding hydrogens is 680 g/mol. The molecule has 9 nitrogen and oxygen atoms in total. The largest absolute Gasteiger partial charge is 0.444 e. The summed E-state index contributed by atoms with van der Waals surface area (Å²) in [4.78, 5) is 44.2.